The van der Waals surface area contributed by atoms with Crippen LogP contribution in [0.15, 0.2) is 34.8 Å². The van der Waals surface area contributed by atoms with Gasteiger partial charge < -0.3 is 4.90 Å². The summed E-state index contributed by atoms with van der Waals surface area (Å²) in [6.07, 6.45) is 13.5. The molecule has 2 aliphatic heterocycles. The maximum Gasteiger partial charge on any atom is 0.274 e. The number of piperidine rings is 2. The lowest BCUT2D eigenvalue weighted by atomic mass is 9.81. The fourth-order valence-corrected chi connectivity index (χ4v) is 6.12. The Kier molecular flexibility index (Phi) is 4.73. The Morgan fingerprint density at radius 2 is 2.00 bits per heavy atom. The number of hydrogen-bond donors (Lipinski definition) is 0. The van der Waals surface area contributed by atoms with Crippen molar-refractivity contribution in [2.45, 2.75) is 43.7 Å². The van der Waals surface area contributed by atoms with Crippen molar-refractivity contribution < 1.29 is 13.6 Å². The van der Waals surface area contributed by atoms with E-state index in [1.54, 1.807) is 18.1 Å². The molecular weight excluding hydrogens is 426 g/mol. The second-order valence-corrected chi connectivity index (χ2v) is 10.2. The molecule has 5 aliphatic rings. The van der Waals surface area contributed by atoms with Crippen LogP contribution >= 0.6 is 0 Å². The van der Waals surface area contributed by atoms with Crippen LogP contribution in [-0.4, -0.2) is 63.1 Å². The first-order valence-electron chi connectivity index (χ1n) is 11.9. The fraction of sp³-hybridized carbons (Fsp3) is 0.560. The molecule has 3 fully saturated rings. The molecule has 1 aromatic heterocycles. The summed E-state index contributed by atoms with van der Waals surface area (Å²) < 4.78 is 28.4. The summed E-state index contributed by atoms with van der Waals surface area (Å²) in [5.41, 5.74) is 0.575. The zero-order valence-corrected chi connectivity index (χ0v) is 18.7. The van der Waals surface area contributed by atoms with Gasteiger partial charge >= 0.3 is 0 Å². The highest BCUT2D eigenvalue weighted by molar-refractivity contribution is 5.96. The van der Waals surface area contributed by atoms with E-state index in [2.05, 4.69) is 28.2 Å². The maximum absolute atomic E-state index is 13.5. The van der Waals surface area contributed by atoms with Crippen molar-refractivity contribution in [3.05, 3.63) is 50.8 Å². The van der Waals surface area contributed by atoms with Gasteiger partial charge in [0.15, 0.2) is 0 Å². The molecule has 6 nitrogen and oxygen atoms in total. The van der Waals surface area contributed by atoms with Crippen molar-refractivity contribution in [1.29, 1.82) is 0 Å². The molecule has 5 atom stereocenters. The molecular formula is C25H28F2N4O2. The van der Waals surface area contributed by atoms with E-state index in [1.807, 2.05) is 12.2 Å². The molecule has 0 spiro atoms. The quantitative estimate of drug-likeness (QED) is 0.664. The van der Waals surface area contributed by atoms with Gasteiger partial charge in [-0.15, -0.1) is 0 Å². The Balaban J connectivity index is 1.24. The number of aryl methyl sites for hydroxylation is 1. The van der Waals surface area contributed by atoms with Crippen molar-refractivity contribution >= 4 is 18.1 Å². The van der Waals surface area contributed by atoms with Gasteiger partial charge in [0.25, 0.3) is 17.4 Å². The second-order valence-electron chi connectivity index (χ2n) is 10.2. The van der Waals surface area contributed by atoms with E-state index in [-0.39, 0.29) is 55.4 Å². The van der Waals surface area contributed by atoms with Gasteiger partial charge in [-0.05, 0) is 24.7 Å². The molecule has 174 valence electrons. The van der Waals surface area contributed by atoms with Gasteiger partial charge in [0.1, 0.15) is 0 Å². The van der Waals surface area contributed by atoms with Gasteiger partial charge in [0.2, 0.25) is 0 Å². The lowest BCUT2D eigenvalue weighted by Gasteiger charge is -2.44. The van der Waals surface area contributed by atoms with Gasteiger partial charge in [-0.1, -0.05) is 30.4 Å². The summed E-state index contributed by atoms with van der Waals surface area (Å²) in [7, 11) is 1.67. The Bertz CT molecular complexity index is 1240. The molecule has 1 aromatic rings. The molecule has 0 aromatic carbocycles. The SMILES string of the molecule is Cn1ncc2c(c1=O)=CCC(N1CC3CC3C3C=C(C(=O)N4CCC(F)(F)CC4)C=CC31)C=2. The maximum atomic E-state index is 13.5. The van der Waals surface area contributed by atoms with Crippen molar-refractivity contribution in [3.63, 3.8) is 0 Å². The molecule has 0 radical (unpaired) electrons. The van der Waals surface area contributed by atoms with Crippen LogP contribution in [0.2, 0.25) is 0 Å². The molecule has 1 amide bonds. The van der Waals surface area contributed by atoms with E-state index in [4.69, 9.17) is 0 Å². The van der Waals surface area contributed by atoms with Crippen LogP contribution in [0.5, 0.6) is 0 Å². The number of aromatic nitrogens is 2. The van der Waals surface area contributed by atoms with E-state index in [0.29, 0.717) is 17.4 Å². The summed E-state index contributed by atoms with van der Waals surface area (Å²) in [5, 5.41) is 5.79. The summed E-state index contributed by atoms with van der Waals surface area (Å²) in [6.45, 7) is 1.24. The van der Waals surface area contributed by atoms with Gasteiger partial charge in [-0.25, -0.2) is 13.5 Å². The lowest BCUT2D eigenvalue weighted by Crippen LogP contribution is -2.54. The first-order valence-corrected chi connectivity index (χ1v) is 11.9. The van der Waals surface area contributed by atoms with E-state index in [9.17, 15) is 18.4 Å². The number of nitrogens with zero attached hydrogens (tertiary/aromatic N) is 4. The summed E-state index contributed by atoms with van der Waals surface area (Å²) in [6, 6.07) is 0.381. The number of alkyl halides is 2. The third kappa shape index (κ3) is 3.59. The summed E-state index contributed by atoms with van der Waals surface area (Å²) >= 11 is 0. The largest absolute Gasteiger partial charge is 0.338 e. The van der Waals surface area contributed by atoms with Crippen LogP contribution < -0.4 is 16.0 Å². The molecule has 0 N–H and O–H groups in total. The zero-order chi connectivity index (χ0) is 22.9. The minimum atomic E-state index is -2.66. The molecule has 1 saturated carbocycles. The Morgan fingerprint density at radius 1 is 1.21 bits per heavy atom. The Morgan fingerprint density at radius 3 is 2.79 bits per heavy atom. The van der Waals surface area contributed by atoms with Gasteiger partial charge in [0, 0.05) is 73.5 Å². The van der Waals surface area contributed by atoms with E-state index in [1.165, 1.54) is 4.68 Å². The van der Waals surface area contributed by atoms with E-state index >= 15 is 0 Å². The number of halogens is 2. The van der Waals surface area contributed by atoms with Gasteiger partial charge in [0.05, 0.1) is 6.20 Å². The highest BCUT2D eigenvalue weighted by Gasteiger charge is 2.53. The standard InChI is InChI=1S/C25H28F2N4O2/c1-29-24(33)19-4-3-18(10-16(19)13-28-29)31-14-17-12-20(17)21-11-15(2-5-22(21)31)23(32)30-8-6-25(26,27)7-9-30/h2,4-5,10-11,13,17-18,20-22H,3,6-9,12,14H2,1H3. The molecule has 8 heteroatoms. The second kappa shape index (κ2) is 7.45. The third-order valence-electron chi connectivity index (χ3n) is 8.14. The van der Waals surface area contributed by atoms with E-state index < -0.39 is 5.92 Å². The predicted octanol–water partition coefficient (Wildman–Crippen LogP) is 0.804. The topological polar surface area (TPSA) is 58.4 Å². The zero-order valence-electron chi connectivity index (χ0n) is 18.7. The van der Waals surface area contributed by atoms with Gasteiger partial charge in [-0.2, -0.15) is 5.10 Å². The first-order chi connectivity index (χ1) is 15.8. The van der Waals surface area contributed by atoms with Crippen molar-refractivity contribution in [2.75, 3.05) is 19.6 Å². The first kappa shape index (κ1) is 21.0. The average Bonchev–Trinajstić information content (AvgIpc) is 3.60. The van der Waals surface area contributed by atoms with Crippen molar-refractivity contribution in [2.24, 2.45) is 24.8 Å². The van der Waals surface area contributed by atoms with Crippen LogP contribution in [-0.2, 0) is 11.8 Å². The van der Waals surface area contributed by atoms with Crippen LogP contribution in [0.3, 0.4) is 0 Å². The third-order valence-corrected chi connectivity index (χ3v) is 8.14. The van der Waals surface area contributed by atoms with Crippen LogP contribution in [0.25, 0.3) is 12.2 Å². The molecule has 3 aliphatic carbocycles. The molecule has 6 rings (SSSR count). The smallest absolute Gasteiger partial charge is 0.274 e. The number of amides is 1. The minimum absolute atomic E-state index is 0.0693. The predicted molar refractivity (Wildman–Crippen MR) is 120 cm³/mol. The average molecular weight is 455 g/mol. The summed E-state index contributed by atoms with van der Waals surface area (Å²) in [5.74, 6) is -1.32. The molecule has 0 bridgehead atoms. The summed E-state index contributed by atoms with van der Waals surface area (Å²) in [4.78, 5) is 29.5. The van der Waals surface area contributed by atoms with Crippen LogP contribution in [0.4, 0.5) is 8.78 Å². The molecule has 3 heterocycles. The normalized spacial score (nSPS) is 34.2. The number of rotatable bonds is 2. The highest BCUT2D eigenvalue weighted by atomic mass is 19.3. The van der Waals surface area contributed by atoms with E-state index in [0.717, 1.165) is 29.8 Å². The fourth-order valence-electron chi connectivity index (χ4n) is 6.12. The van der Waals surface area contributed by atoms with Gasteiger partial charge in [-0.3, -0.25) is 14.5 Å². The molecule has 2 saturated heterocycles. The van der Waals surface area contributed by atoms with Crippen LogP contribution in [0.1, 0.15) is 25.7 Å². The number of hydrogen-bond acceptors (Lipinski definition) is 4. The number of carbonyl (C=O) groups excluding carboxylic acids is 1. The van der Waals surface area contributed by atoms with Crippen molar-refractivity contribution in [3.8, 4) is 0 Å². The van der Waals surface area contributed by atoms with Crippen LogP contribution in [0, 0.1) is 17.8 Å². The number of fused-ring (bicyclic) bond motifs is 4. The Hall–Kier alpha value is -2.61. The lowest BCUT2D eigenvalue weighted by molar-refractivity contribution is -0.132. The molecule has 5 unspecified atom stereocenters. The Labute approximate surface area is 190 Å². The monoisotopic (exact) mass is 454 g/mol. The van der Waals surface area contributed by atoms with Crippen molar-refractivity contribution in [1.82, 2.24) is 19.6 Å². The number of likely N-dealkylation sites (tertiary alicyclic amines) is 2. The highest BCUT2D eigenvalue weighted by Crippen LogP contribution is 2.53. The minimum Gasteiger partial charge on any atom is -0.338 e. The number of carbonyl (C=O) groups is 1. The molecule has 33 heavy (non-hydrogen) atoms.